The van der Waals surface area contributed by atoms with Gasteiger partial charge in [0.25, 0.3) is 0 Å². The van der Waals surface area contributed by atoms with E-state index in [1.807, 2.05) is 25.5 Å². The van der Waals surface area contributed by atoms with Crippen molar-refractivity contribution in [2.75, 3.05) is 7.11 Å². The van der Waals surface area contributed by atoms with Crippen molar-refractivity contribution in [1.82, 2.24) is 9.78 Å². The van der Waals surface area contributed by atoms with Crippen LogP contribution in [0, 0.1) is 20.8 Å². The van der Waals surface area contributed by atoms with Gasteiger partial charge in [0, 0.05) is 5.69 Å². The first-order chi connectivity index (χ1) is 6.56. The SMILES string of the molecule is COC(=O)CCn1nc(C)c(C)c1C. The second-order valence-corrected chi connectivity index (χ2v) is 3.35. The summed E-state index contributed by atoms with van der Waals surface area (Å²) in [5.41, 5.74) is 3.33. The number of ether oxygens (including phenoxy) is 1. The minimum Gasteiger partial charge on any atom is -0.469 e. The molecular formula is C10H16N2O2. The molecule has 0 spiro atoms. The fourth-order valence-electron chi connectivity index (χ4n) is 1.30. The van der Waals surface area contributed by atoms with Crippen LogP contribution >= 0.6 is 0 Å². The monoisotopic (exact) mass is 196 g/mol. The summed E-state index contributed by atoms with van der Waals surface area (Å²) >= 11 is 0. The number of methoxy groups -OCH3 is 1. The maximum absolute atomic E-state index is 10.9. The van der Waals surface area contributed by atoms with Crippen LogP contribution in [0.1, 0.15) is 23.4 Å². The highest BCUT2D eigenvalue weighted by atomic mass is 16.5. The molecule has 0 saturated heterocycles. The Kier molecular flexibility index (Phi) is 3.28. The minimum absolute atomic E-state index is 0.199. The fraction of sp³-hybridized carbons (Fsp3) is 0.600. The quantitative estimate of drug-likeness (QED) is 0.686. The number of rotatable bonds is 3. The Bertz CT molecular complexity index is 342. The molecule has 4 heteroatoms. The van der Waals surface area contributed by atoms with Crippen molar-refractivity contribution in [3.05, 3.63) is 17.0 Å². The van der Waals surface area contributed by atoms with Gasteiger partial charge in [0.2, 0.25) is 0 Å². The molecule has 1 aromatic rings. The lowest BCUT2D eigenvalue weighted by molar-refractivity contribution is -0.140. The average Bonchev–Trinajstić information content (AvgIpc) is 2.42. The van der Waals surface area contributed by atoms with Gasteiger partial charge < -0.3 is 4.74 Å². The van der Waals surface area contributed by atoms with Gasteiger partial charge in [-0.25, -0.2) is 0 Å². The van der Waals surface area contributed by atoms with Crippen LogP contribution in [0.2, 0.25) is 0 Å². The van der Waals surface area contributed by atoms with Crippen LogP contribution in [0.15, 0.2) is 0 Å². The van der Waals surface area contributed by atoms with Gasteiger partial charge >= 0.3 is 5.97 Å². The standard InChI is InChI=1S/C10H16N2O2/c1-7-8(2)11-12(9(7)3)6-5-10(13)14-4/h5-6H2,1-4H3. The number of aryl methyl sites for hydroxylation is 2. The van der Waals surface area contributed by atoms with Gasteiger partial charge in [-0.3, -0.25) is 9.48 Å². The average molecular weight is 196 g/mol. The normalized spacial score (nSPS) is 10.3. The number of nitrogens with zero attached hydrogens (tertiary/aromatic N) is 2. The van der Waals surface area contributed by atoms with Crippen molar-refractivity contribution < 1.29 is 9.53 Å². The third-order valence-electron chi connectivity index (χ3n) is 2.50. The van der Waals surface area contributed by atoms with Crippen LogP contribution in [0.5, 0.6) is 0 Å². The van der Waals surface area contributed by atoms with Crippen molar-refractivity contribution in [3.63, 3.8) is 0 Å². The molecule has 0 saturated carbocycles. The molecule has 0 aromatic carbocycles. The molecule has 0 atom stereocenters. The minimum atomic E-state index is -0.199. The van der Waals surface area contributed by atoms with Crippen LogP contribution in [0.25, 0.3) is 0 Å². The lowest BCUT2D eigenvalue weighted by Crippen LogP contribution is -2.09. The van der Waals surface area contributed by atoms with E-state index in [-0.39, 0.29) is 5.97 Å². The molecule has 14 heavy (non-hydrogen) atoms. The summed E-state index contributed by atoms with van der Waals surface area (Å²) in [5, 5.41) is 4.32. The number of carbonyl (C=O) groups is 1. The molecule has 4 nitrogen and oxygen atoms in total. The van der Waals surface area contributed by atoms with Crippen molar-refractivity contribution in [3.8, 4) is 0 Å². The Labute approximate surface area is 83.9 Å². The smallest absolute Gasteiger partial charge is 0.307 e. The first-order valence-electron chi connectivity index (χ1n) is 4.63. The summed E-state index contributed by atoms with van der Waals surface area (Å²) in [6, 6.07) is 0. The zero-order chi connectivity index (χ0) is 10.7. The Morgan fingerprint density at radius 3 is 2.50 bits per heavy atom. The summed E-state index contributed by atoms with van der Waals surface area (Å²) in [4.78, 5) is 10.9. The highest BCUT2D eigenvalue weighted by Crippen LogP contribution is 2.11. The van der Waals surface area contributed by atoms with E-state index < -0.39 is 0 Å². The summed E-state index contributed by atoms with van der Waals surface area (Å²) in [5.74, 6) is -0.199. The molecule has 0 radical (unpaired) electrons. The van der Waals surface area contributed by atoms with E-state index in [1.165, 1.54) is 12.7 Å². The Balaban J connectivity index is 2.68. The number of hydrogen-bond acceptors (Lipinski definition) is 3. The van der Waals surface area contributed by atoms with Crippen molar-refractivity contribution in [1.29, 1.82) is 0 Å². The molecule has 0 fully saturated rings. The molecule has 0 unspecified atom stereocenters. The molecule has 0 aliphatic heterocycles. The van der Waals surface area contributed by atoms with E-state index in [2.05, 4.69) is 9.84 Å². The van der Waals surface area contributed by atoms with Crippen LogP contribution < -0.4 is 0 Å². The van der Waals surface area contributed by atoms with E-state index in [0.29, 0.717) is 13.0 Å². The number of carbonyl (C=O) groups excluding carboxylic acids is 1. The fourth-order valence-corrected chi connectivity index (χ4v) is 1.30. The molecule has 1 heterocycles. The van der Waals surface area contributed by atoms with Gasteiger partial charge in [-0.05, 0) is 26.3 Å². The van der Waals surface area contributed by atoms with Crippen LogP contribution in [0.3, 0.4) is 0 Å². The Morgan fingerprint density at radius 1 is 1.43 bits per heavy atom. The second-order valence-electron chi connectivity index (χ2n) is 3.35. The van der Waals surface area contributed by atoms with Crippen LogP contribution in [0.4, 0.5) is 0 Å². The molecule has 0 aliphatic rings. The van der Waals surface area contributed by atoms with E-state index in [9.17, 15) is 4.79 Å². The van der Waals surface area contributed by atoms with E-state index in [4.69, 9.17) is 0 Å². The summed E-state index contributed by atoms with van der Waals surface area (Å²) in [7, 11) is 1.40. The van der Waals surface area contributed by atoms with Crippen molar-refractivity contribution in [2.45, 2.75) is 33.7 Å². The molecule has 0 N–H and O–H groups in total. The number of esters is 1. The Hall–Kier alpha value is -1.32. The molecule has 0 amide bonds. The van der Waals surface area contributed by atoms with Crippen molar-refractivity contribution >= 4 is 5.97 Å². The highest BCUT2D eigenvalue weighted by molar-refractivity contribution is 5.68. The van der Waals surface area contributed by atoms with Gasteiger partial charge in [-0.2, -0.15) is 5.10 Å². The first-order valence-corrected chi connectivity index (χ1v) is 4.63. The lowest BCUT2D eigenvalue weighted by atomic mass is 10.2. The molecule has 1 rings (SSSR count). The van der Waals surface area contributed by atoms with Crippen LogP contribution in [-0.2, 0) is 16.1 Å². The van der Waals surface area contributed by atoms with Gasteiger partial charge in [0.1, 0.15) is 0 Å². The first kappa shape index (κ1) is 10.8. The predicted octanol–water partition coefficient (Wildman–Crippen LogP) is 1.37. The van der Waals surface area contributed by atoms with E-state index >= 15 is 0 Å². The summed E-state index contributed by atoms with van der Waals surface area (Å²) in [6.45, 7) is 6.60. The molecule has 0 aliphatic carbocycles. The van der Waals surface area contributed by atoms with E-state index in [1.54, 1.807) is 0 Å². The zero-order valence-electron chi connectivity index (χ0n) is 9.13. The van der Waals surface area contributed by atoms with Crippen LogP contribution in [-0.4, -0.2) is 22.9 Å². The predicted molar refractivity (Wildman–Crippen MR) is 53.1 cm³/mol. The molecule has 1 aromatic heterocycles. The van der Waals surface area contributed by atoms with Gasteiger partial charge in [-0.15, -0.1) is 0 Å². The van der Waals surface area contributed by atoms with E-state index in [0.717, 1.165) is 11.4 Å². The molecular weight excluding hydrogens is 180 g/mol. The maximum atomic E-state index is 10.9. The van der Waals surface area contributed by atoms with Crippen molar-refractivity contribution in [2.24, 2.45) is 0 Å². The summed E-state index contributed by atoms with van der Waals surface area (Å²) in [6.07, 6.45) is 0.373. The highest BCUT2D eigenvalue weighted by Gasteiger charge is 2.08. The third-order valence-corrected chi connectivity index (χ3v) is 2.50. The van der Waals surface area contributed by atoms with Gasteiger partial charge in [-0.1, -0.05) is 0 Å². The Morgan fingerprint density at radius 2 is 2.07 bits per heavy atom. The largest absolute Gasteiger partial charge is 0.469 e. The number of aromatic nitrogens is 2. The molecule has 78 valence electrons. The topological polar surface area (TPSA) is 44.1 Å². The third kappa shape index (κ3) is 2.13. The lowest BCUT2D eigenvalue weighted by Gasteiger charge is -2.02. The zero-order valence-corrected chi connectivity index (χ0v) is 9.13. The maximum Gasteiger partial charge on any atom is 0.307 e. The number of hydrogen-bond donors (Lipinski definition) is 0. The second kappa shape index (κ2) is 4.26. The van der Waals surface area contributed by atoms with Gasteiger partial charge in [0.05, 0.1) is 25.8 Å². The molecule has 0 bridgehead atoms. The summed E-state index contributed by atoms with van der Waals surface area (Å²) < 4.78 is 6.42. The van der Waals surface area contributed by atoms with Gasteiger partial charge in [0.15, 0.2) is 0 Å².